The zero-order chi connectivity index (χ0) is 18.0. The molecular formula is C15H19Cl2F2N3O3. The minimum atomic E-state index is -2.57. The van der Waals surface area contributed by atoms with E-state index in [1.165, 1.54) is 6.07 Å². The van der Waals surface area contributed by atoms with Gasteiger partial charge in [-0.1, -0.05) is 23.2 Å². The van der Waals surface area contributed by atoms with Crippen molar-refractivity contribution < 1.29 is 23.0 Å². The molecule has 0 saturated carbocycles. The number of nitrogens with zero attached hydrogens (tertiary/aromatic N) is 2. The molecule has 2 aliphatic rings. The molecule has 2 fully saturated rings. The summed E-state index contributed by atoms with van der Waals surface area (Å²) in [6.07, 6.45) is 0.127. The topological polar surface area (TPSA) is 46.2 Å². The third kappa shape index (κ3) is 4.45. The third-order valence-electron chi connectivity index (χ3n) is 4.08. The number of benzene rings is 1. The molecule has 0 amide bonds. The summed E-state index contributed by atoms with van der Waals surface area (Å²) in [6, 6.07) is 3.18. The van der Waals surface area contributed by atoms with Gasteiger partial charge in [0.05, 0.1) is 41.3 Å². The van der Waals surface area contributed by atoms with Crippen LogP contribution in [0.1, 0.15) is 13.3 Å². The van der Waals surface area contributed by atoms with Gasteiger partial charge in [0.1, 0.15) is 19.1 Å². The molecule has 0 spiro atoms. The lowest BCUT2D eigenvalue weighted by atomic mass is 10.2. The molecule has 0 radical (unpaired) electrons. The van der Waals surface area contributed by atoms with Crippen LogP contribution in [-0.2, 0) is 9.47 Å². The normalized spacial score (nSPS) is 25.0. The van der Waals surface area contributed by atoms with Gasteiger partial charge in [-0.2, -0.15) is 8.78 Å². The molecule has 0 aliphatic carbocycles. The van der Waals surface area contributed by atoms with E-state index >= 15 is 0 Å². The fraction of sp³-hybridized carbons (Fsp3) is 0.600. The Bertz CT molecular complexity index is 606. The standard InChI is InChI=1S/C15H19Cl2F2N3O3/c1-9-20-22(7-21(9)15(18)19)13-5-14(12(17)4-11(13)16)24-6-10-2-3-23-8-25-10/h4-5,9-10,15,20H,2-3,6-8H2,1H3. The van der Waals surface area contributed by atoms with Gasteiger partial charge >= 0.3 is 0 Å². The van der Waals surface area contributed by atoms with Gasteiger partial charge in [0.2, 0.25) is 0 Å². The Morgan fingerprint density at radius 1 is 1.36 bits per heavy atom. The number of hydrogen-bond acceptors (Lipinski definition) is 6. The number of rotatable bonds is 5. The van der Waals surface area contributed by atoms with E-state index < -0.39 is 12.7 Å². The number of alkyl halides is 2. The van der Waals surface area contributed by atoms with Crippen LogP contribution < -0.4 is 15.2 Å². The van der Waals surface area contributed by atoms with Crippen molar-refractivity contribution in [3.8, 4) is 5.75 Å². The molecule has 0 aromatic heterocycles. The van der Waals surface area contributed by atoms with Crippen LogP contribution in [0.4, 0.5) is 14.5 Å². The Morgan fingerprint density at radius 2 is 2.16 bits per heavy atom. The van der Waals surface area contributed by atoms with E-state index in [1.54, 1.807) is 18.0 Å². The molecule has 2 saturated heterocycles. The molecular weight excluding hydrogens is 379 g/mol. The molecule has 2 heterocycles. The predicted octanol–water partition coefficient (Wildman–Crippen LogP) is 3.29. The lowest BCUT2D eigenvalue weighted by Gasteiger charge is -2.24. The second-order valence-electron chi connectivity index (χ2n) is 5.81. The molecule has 1 aromatic rings. The fourth-order valence-electron chi connectivity index (χ4n) is 2.65. The molecule has 10 heteroatoms. The first-order chi connectivity index (χ1) is 12.0. The number of hydrogen-bond donors (Lipinski definition) is 1. The predicted molar refractivity (Wildman–Crippen MR) is 90.1 cm³/mol. The number of ether oxygens (including phenoxy) is 3. The second-order valence-corrected chi connectivity index (χ2v) is 6.63. The van der Waals surface area contributed by atoms with Gasteiger partial charge in [-0.25, -0.2) is 10.3 Å². The lowest BCUT2D eigenvalue weighted by molar-refractivity contribution is -0.147. The zero-order valence-electron chi connectivity index (χ0n) is 13.6. The Labute approximate surface area is 154 Å². The molecule has 2 unspecified atom stereocenters. The molecule has 6 nitrogen and oxygen atoms in total. The summed E-state index contributed by atoms with van der Waals surface area (Å²) in [5.41, 5.74) is 3.47. The van der Waals surface area contributed by atoms with Crippen LogP contribution in [0.3, 0.4) is 0 Å². The molecule has 2 aliphatic heterocycles. The average Bonchev–Trinajstić information content (AvgIpc) is 2.97. The van der Waals surface area contributed by atoms with Crippen molar-refractivity contribution in [2.24, 2.45) is 0 Å². The molecule has 1 N–H and O–H groups in total. The zero-order valence-corrected chi connectivity index (χ0v) is 15.1. The maximum Gasteiger partial charge on any atom is 0.297 e. The Kier molecular flexibility index (Phi) is 6.19. The van der Waals surface area contributed by atoms with E-state index in [-0.39, 0.29) is 19.6 Å². The van der Waals surface area contributed by atoms with E-state index in [1.807, 2.05) is 0 Å². The summed E-state index contributed by atoms with van der Waals surface area (Å²) in [5, 5.41) is 2.24. The molecule has 25 heavy (non-hydrogen) atoms. The van der Waals surface area contributed by atoms with Crippen molar-refractivity contribution in [2.45, 2.75) is 32.2 Å². The monoisotopic (exact) mass is 397 g/mol. The number of hydrazine groups is 1. The van der Waals surface area contributed by atoms with Crippen LogP contribution in [0, 0.1) is 0 Å². The molecule has 140 valence electrons. The van der Waals surface area contributed by atoms with E-state index in [4.69, 9.17) is 37.4 Å². The molecule has 1 aromatic carbocycles. The van der Waals surface area contributed by atoms with E-state index in [9.17, 15) is 8.78 Å². The van der Waals surface area contributed by atoms with Crippen LogP contribution >= 0.6 is 23.2 Å². The van der Waals surface area contributed by atoms with Crippen LogP contribution in [0.5, 0.6) is 5.75 Å². The van der Waals surface area contributed by atoms with Crippen LogP contribution in [0.2, 0.25) is 10.0 Å². The van der Waals surface area contributed by atoms with Crippen molar-refractivity contribution in [3.63, 3.8) is 0 Å². The van der Waals surface area contributed by atoms with Gasteiger partial charge in [-0.15, -0.1) is 0 Å². The van der Waals surface area contributed by atoms with E-state index in [2.05, 4.69) is 5.43 Å². The summed E-state index contributed by atoms with van der Waals surface area (Å²) in [6.45, 7) is 0.245. The number of halogens is 4. The van der Waals surface area contributed by atoms with E-state index in [0.29, 0.717) is 34.7 Å². The maximum atomic E-state index is 13.0. The van der Waals surface area contributed by atoms with Crippen LogP contribution in [-0.4, -0.2) is 50.4 Å². The first-order valence-electron chi connectivity index (χ1n) is 7.84. The SMILES string of the molecule is CC1NN(c2cc(OCC3CCOCO3)c(Cl)cc2Cl)CN1C(F)F. The highest BCUT2D eigenvalue weighted by molar-refractivity contribution is 6.37. The van der Waals surface area contributed by atoms with Crippen molar-refractivity contribution in [1.82, 2.24) is 10.3 Å². The highest BCUT2D eigenvalue weighted by Crippen LogP contribution is 2.37. The Morgan fingerprint density at radius 3 is 2.80 bits per heavy atom. The third-order valence-corrected chi connectivity index (χ3v) is 4.68. The van der Waals surface area contributed by atoms with Crippen molar-refractivity contribution in [3.05, 3.63) is 22.2 Å². The van der Waals surface area contributed by atoms with Crippen molar-refractivity contribution in [2.75, 3.05) is 31.7 Å². The van der Waals surface area contributed by atoms with Gasteiger partial charge in [0.15, 0.2) is 0 Å². The van der Waals surface area contributed by atoms with Crippen molar-refractivity contribution >= 4 is 28.9 Å². The first kappa shape index (κ1) is 18.9. The number of nitrogens with one attached hydrogen (secondary N) is 1. The van der Waals surface area contributed by atoms with E-state index in [0.717, 1.165) is 11.3 Å². The minimum absolute atomic E-state index is 0.0112. The van der Waals surface area contributed by atoms with Crippen LogP contribution in [0.25, 0.3) is 0 Å². The smallest absolute Gasteiger partial charge is 0.297 e. The average molecular weight is 398 g/mol. The second kappa shape index (κ2) is 8.20. The molecule has 0 bridgehead atoms. The Balaban J connectivity index is 1.72. The van der Waals surface area contributed by atoms with Crippen LogP contribution in [0.15, 0.2) is 12.1 Å². The Hall–Kier alpha value is -0.900. The number of anilines is 1. The van der Waals surface area contributed by atoms with Gasteiger partial charge in [0.25, 0.3) is 6.55 Å². The summed E-state index contributed by atoms with van der Waals surface area (Å²) < 4.78 is 42.3. The summed E-state index contributed by atoms with van der Waals surface area (Å²) in [4.78, 5) is 1.00. The van der Waals surface area contributed by atoms with Gasteiger partial charge in [0, 0.05) is 12.5 Å². The molecule has 3 rings (SSSR count). The van der Waals surface area contributed by atoms with Crippen molar-refractivity contribution in [1.29, 1.82) is 0 Å². The fourth-order valence-corrected chi connectivity index (χ4v) is 3.19. The lowest BCUT2D eigenvalue weighted by Crippen LogP contribution is -2.37. The first-order valence-corrected chi connectivity index (χ1v) is 8.60. The van der Waals surface area contributed by atoms with Gasteiger partial charge in [-0.3, -0.25) is 5.01 Å². The highest BCUT2D eigenvalue weighted by atomic mass is 35.5. The molecule has 2 atom stereocenters. The largest absolute Gasteiger partial charge is 0.489 e. The summed E-state index contributed by atoms with van der Waals surface area (Å²) in [5.74, 6) is 0.418. The maximum absolute atomic E-state index is 13.0. The quantitative estimate of drug-likeness (QED) is 0.769. The highest BCUT2D eigenvalue weighted by Gasteiger charge is 2.33. The minimum Gasteiger partial charge on any atom is -0.489 e. The van der Waals surface area contributed by atoms with Gasteiger partial charge in [-0.05, 0) is 13.0 Å². The van der Waals surface area contributed by atoms with Gasteiger partial charge < -0.3 is 14.2 Å². The summed E-state index contributed by atoms with van der Waals surface area (Å²) >= 11 is 12.4. The summed E-state index contributed by atoms with van der Waals surface area (Å²) in [7, 11) is 0.